The maximum absolute atomic E-state index is 11.4. The number of carboxylic acids is 1. The molecule has 1 aliphatic rings. The summed E-state index contributed by atoms with van der Waals surface area (Å²) in [6.45, 7) is 5.43. The monoisotopic (exact) mass is 292 g/mol. The van der Waals surface area contributed by atoms with Crippen molar-refractivity contribution < 1.29 is 9.90 Å². The van der Waals surface area contributed by atoms with Gasteiger partial charge in [0.15, 0.2) is 0 Å². The summed E-state index contributed by atoms with van der Waals surface area (Å²) in [7, 11) is 0. The molecule has 2 rings (SSSR count). The topological polar surface area (TPSA) is 63.1 Å². The highest BCUT2D eigenvalue weighted by Crippen LogP contribution is 2.33. The third-order valence-corrected chi connectivity index (χ3v) is 4.57. The van der Waals surface area contributed by atoms with Crippen LogP contribution in [0, 0.1) is 6.92 Å². The van der Waals surface area contributed by atoms with Gasteiger partial charge < -0.3 is 5.11 Å². The van der Waals surface area contributed by atoms with Crippen LogP contribution in [0.2, 0.25) is 0 Å². The zero-order valence-corrected chi connectivity index (χ0v) is 12.6. The lowest BCUT2D eigenvalue weighted by molar-refractivity contribution is 0.0690. The molecule has 1 saturated carbocycles. The van der Waals surface area contributed by atoms with Crippen molar-refractivity contribution in [3.8, 4) is 0 Å². The van der Waals surface area contributed by atoms with Gasteiger partial charge in [0.25, 0.3) is 0 Å². The van der Waals surface area contributed by atoms with Crippen molar-refractivity contribution in [3.05, 3.63) is 29.7 Å². The SMILES string of the molecule is C=CCSc1nc(C2CCCCC2)nc(C)c1C(=O)O. The minimum absolute atomic E-state index is 0.233. The van der Waals surface area contributed by atoms with Gasteiger partial charge in [-0.1, -0.05) is 25.3 Å². The van der Waals surface area contributed by atoms with Crippen molar-refractivity contribution in [2.75, 3.05) is 5.75 Å². The number of carboxylic acid groups (broad SMARTS) is 1. The van der Waals surface area contributed by atoms with Crippen LogP contribution >= 0.6 is 11.8 Å². The number of thioether (sulfide) groups is 1. The van der Waals surface area contributed by atoms with Gasteiger partial charge in [-0.3, -0.25) is 0 Å². The average molecular weight is 292 g/mol. The summed E-state index contributed by atoms with van der Waals surface area (Å²) in [6.07, 6.45) is 7.68. The van der Waals surface area contributed by atoms with E-state index in [9.17, 15) is 9.90 Å². The second-order valence-corrected chi connectivity index (χ2v) is 6.10. The van der Waals surface area contributed by atoms with Gasteiger partial charge in [-0.2, -0.15) is 0 Å². The number of hydrogen-bond donors (Lipinski definition) is 1. The quantitative estimate of drug-likeness (QED) is 0.508. The molecule has 1 aliphatic carbocycles. The Hall–Kier alpha value is -1.36. The van der Waals surface area contributed by atoms with E-state index in [1.165, 1.54) is 31.0 Å². The van der Waals surface area contributed by atoms with Crippen LogP contribution in [0.5, 0.6) is 0 Å². The van der Waals surface area contributed by atoms with E-state index in [1.54, 1.807) is 13.0 Å². The number of nitrogens with zero attached hydrogens (tertiary/aromatic N) is 2. The van der Waals surface area contributed by atoms with Gasteiger partial charge in [-0.05, 0) is 19.8 Å². The number of aromatic nitrogens is 2. The first kappa shape index (κ1) is 15.0. The number of carbonyl (C=O) groups is 1. The molecule has 0 amide bonds. The van der Waals surface area contributed by atoms with E-state index in [4.69, 9.17) is 0 Å². The largest absolute Gasteiger partial charge is 0.478 e. The molecule has 0 aliphatic heterocycles. The standard InChI is InChI=1S/C15H20N2O2S/c1-3-9-20-14-12(15(18)19)10(2)16-13(17-14)11-7-5-4-6-8-11/h3,11H,1,4-9H2,2H3,(H,18,19). The zero-order valence-electron chi connectivity index (χ0n) is 11.8. The summed E-state index contributed by atoms with van der Waals surface area (Å²) in [4.78, 5) is 20.4. The lowest BCUT2D eigenvalue weighted by Gasteiger charge is -2.21. The highest BCUT2D eigenvalue weighted by atomic mass is 32.2. The fraction of sp³-hybridized carbons (Fsp3) is 0.533. The molecule has 108 valence electrons. The van der Waals surface area contributed by atoms with Crippen molar-refractivity contribution in [1.29, 1.82) is 0 Å². The molecule has 0 saturated heterocycles. The normalized spacial score (nSPS) is 16.1. The number of hydrogen-bond acceptors (Lipinski definition) is 4. The van der Waals surface area contributed by atoms with Crippen molar-refractivity contribution in [3.63, 3.8) is 0 Å². The van der Waals surface area contributed by atoms with E-state index >= 15 is 0 Å². The van der Waals surface area contributed by atoms with E-state index in [0.29, 0.717) is 22.4 Å². The maximum Gasteiger partial charge on any atom is 0.340 e. The minimum Gasteiger partial charge on any atom is -0.478 e. The molecule has 1 heterocycles. The molecule has 1 aromatic heterocycles. The molecule has 1 fully saturated rings. The maximum atomic E-state index is 11.4. The van der Waals surface area contributed by atoms with Crippen molar-refractivity contribution in [2.45, 2.75) is 50.0 Å². The number of aryl methyl sites for hydroxylation is 1. The molecule has 1 aromatic rings. The van der Waals surface area contributed by atoms with Crippen LogP contribution in [0.25, 0.3) is 0 Å². The number of aromatic carboxylic acids is 1. The summed E-state index contributed by atoms with van der Waals surface area (Å²) < 4.78 is 0. The summed E-state index contributed by atoms with van der Waals surface area (Å²) in [5.74, 6) is 0.900. The molecule has 4 nitrogen and oxygen atoms in total. The van der Waals surface area contributed by atoms with Gasteiger partial charge in [0, 0.05) is 11.7 Å². The molecular weight excluding hydrogens is 272 g/mol. The molecule has 0 aromatic carbocycles. The molecule has 0 spiro atoms. The lowest BCUT2D eigenvalue weighted by atomic mass is 9.88. The summed E-state index contributed by atoms with van der Waals surface area (Å²) in [5.41, 5.74) is 0.802. The van der Waals surface area contributed by atoms with E-state index in [0.717, 1.165) is 18.7 Å². The molecule has 0 atom stereocenters. The average Bonchev–Trinajstić information content (AvgIpc) is 2.45. The Morgan fingerprint density at radius 3 is 2.70 bits per heavy atom. The second-order valence-electron chi connectivity index (χ2n) is 5.09. The molecule has 0 bridgehead atoms. The van der Waals surface area contributed by atoms with Gasteiger partial charge in [0.2, 0.25) is 0 Å². The second kappa shape index (κ2) is 6.88. The third kappa shape index (κ3) is 3.39. The Morgan fingerprint density at radius 1 is 1.40 bits per heavy atom. The first-order chi connectivity index (χ1) is 9.63. The number of rotatable bonds is 5. The fourth-order valence-corrected chi connectivity index (χ4v) is 3.41. The highest BCUT2D eigenvalue weighted by molar-refractivity contribution is 7.99. The Bertz CT molecular complexity index is 511. The van der Waals surface area contributed by atoms with Crippen LogP contribution in [0.3, 0.4) is 0 Å². The molecule has 20 heavy (non-hydrogen) atoms. The van der Waals surface area contributed by atoms with Crippen molar-refractivity contribution in [1.82, 2.24) is 9.97 Å². The first-order valence-electron chi connectivity index (χ1n) is 6.99. The van der Waals surface area contributed by atoms with Gasteiger partial charge in [-0.25, -0.2) is 14.8 Å². The van der Waals surface area contributed by atoms with E-state index in [-0.39, 0.29) is 5.56 Å². The molecule has 5 heteroatoms. The van der Waals surface area contributed by atoms with Crippen LogP contribution in [0.4, 0.5) is 0 Å². The molecule has 0 unspecified atom stereocenters. The lowest BCUT2D eigenvalue weighted by Crippen LogP contribution is -2.14. The van der Waals surface area contributed by atoms with Crippen LogP contribution in [0.1, 0.15) is 59.9 Å². The third-order valence-electron chi connectivity index (χ3n) is 3.60. The molecular formula is C15H20N2O2S. The predicted octanol–water partition coefficient (Wildman–Crippen LogP) is 3.81. The molecule has 0 radical (unpaired) electrons. The van der Waals surface area contributed by atoms with Crippen LogP contribution in [-0.4, -0.2) is 26.8 Å². The summed E-state index contributed by atoms with van der Waals surface area (Å²) in [5, 5.41) is 9.90. The van der Waals surface area contributed by atoms with Crippen LogP contribution in [-0.2, 0) is 0 Å². The predicted molar refractivity (Wildman–Crippen MR) is 80.5 cm³/mol. The Balaban J connectivity index is 2.36. The Morgan fingerprint density at radius 2 is 2.10 bits per heavy atom. The molecule has 1 N–H and O–H groups in total. The van der Waals surface area contributed by atoms with Crippen molar-refractivity contribution >= 4 is 17.7 Å². The smallest absolute Gasteiger partial charge is 0.340 e. The summed E-state index contributed by atoms with van der Waals surface area (Å²) >= 11 is 1.42. The Kier molecular flexibility index (Phi) is 5.17. The summed E-state index contributed by atoms with van der Waals surface area (Å²) in [6, 6.07) is 0. The zero-order chi connectivity index (χ0) is 14.5. The van der Waals surface area contributed by atoms with Crippen molar-refractivity contribution in [2.24, 2.45) is 0 Å². The van der Waals surface area contributed by atoms with E-state index in [1.807, 2.05) is 0 Å². The van der Waals surface area contributed by atoms with E-state index in [2.05, 4.69) is 16.5 Å². The van der Waals surface area contributed by atoms with Gasteiger partial charge in [-0.15, -0.1) is 18.3 Å². The fourth-order valence-electron chi connectivity index (χ4n) is 2.60. The van der Waals surface area contributed by atoms with E-state index < -0.39 is 5.97 Å². The van der Waals surface area contributed by atoms with Gasteiger partial charge in [0.1, 0.15) is 16.4 Å². The Labute approximate surface area is 123 Å². The minimum atomic E-state index is -0.954. The van der Waals surface area contributed by atoms with Crippen LogP contribution in [0.15, 0.2) is 17.7 Å². The highest BCUT2D eigenvalue weighted by Gasteiger charge is 2.23. The van der Waals surface area contributed by atoms with Gasteiger partial charge >= 0.3 is 5.97 Å². The van der Waals surface area contributed by atoms with Gasteiger partial charge in [0.05, 0.1) is 5.69 Å². The van der Waals surface area contributed by atoms with Crippen LogP contribution < -0.4 is 0 Å². The first-order valence-corrected chi connectivity index (χ1v) is 7.97.